The highest BCUT2D eigenvalue weighted by Crippen LogP contribution is 2.02. The van der Waals surface area contributed by atoms with E-state index in [1.165, 1.54) is 0 Å². The van der Waals surface area contributed by atoms with E-state index in [-0.39, 0.29) is 0 Å². The van der Waals surface area contributed by atoms with Gasteiger partial charge >= 0.3 is 0 Å². The number of phenols is 1. The zero-order valence-corrected chi connectivity index (χ0v) is 8.51. The first-order valence-electron chi connectivity index (χ1n) is 4.46. The minimum Gasteiger partial charge on any atom is -0.508 e. The lowest BCUT2D eigenvalue weighted by Crippen LogP contribution is -1.98. The van der Waals surface area contributed by atoms with Crippen molar-refractivity contribution < 1.29 is 14.6 Å². The molecule has 0 amide bonds. The van der Waals surface area contributed by atoms with Crippen LogP contribution in [0.1, 0.15) is 13.8 Å². The SMILES string of the molecule is CC(C)COC=O.Oc1ccccc1. The van der Waals surface area contributed by atoms with Gasteiger partial charge in [0.2, 0.25) is 0 Å². The molecule has 0 aliphatic carbocycles. The van der Waals surface area contributed by atoms with Gasteiger partial charge < -0.3 is 9.84 Å². The van der Waals surface area contributed by atoms with E-state index in [1.54, 1.807) is 24.3 Å². The standard InChI is InChI=1S/C6H6O.C5H10O2/c7-6-4-2-1-3-5-6;1-5(2)3-7-4-6/h1-5,7H;4-5H,3H2,1-2H3. The Labute approximate surface area is 84.3 Å². The molecule has 14 heavy (non-hydrogen) atoms. The highest BCUT2D eigenvalue weighted by atomic mass is 16.5. The van der Waals surface area contributed by atoms with Crippen LogP contribution < -0.4 is 0 Å². The van der Waals surface area contributed by atoms with Crippen LogP contribution in [0.2, 0.25) is 0 Å². The minimum atomic E-state index is 0.322. The molecule has 0 atom stereocenters. The predicted molar refractivity (Wildman–Crippen MR) is 55.0 cm³/mol. The van der Waals surface area contributed by atoms with Crippen LogP contribution in [0.5, 0.6) is 5.75 Å². The molecule has 1 rings (SSSR count). The van der Waals surface area contributed by atoms with Crippen LogP contribution in [0.25, 0.3) is 0 Å². The summed E-state index contributed by atoms with van der Waals surface area (Å²) in [7, 11) is 0. The molecule has 78 valence electrons. The van der Waals surface area contributed by atoms with Gasteiger partial charge in [-0.2, -0.15) is 0 Å². The van der Waals surface area contributed by atoms with Crippen molar-refractivity contribution >= 4 is 6.47 Å². The van der Waals surface area contributed by atoms with Crippen LogP contribution in [0.3, 0.4) is 0 Å². The minimum absolute atomic E-state index is 0.322. The number of aromatic hydroxyl groups is 1. The van der Waals surface area contributed by atoms with E-state index in [2.05, 4.69) is 4.74 Å². The fourth-order valence-corrected chi connectivity index (χ4v) is 0.660. The van der Waals surface area contributed by atoms with Crippen molar-refractivity contribution in [1.82, 2.24) is 0 Å². The first-order valence-corrected chi connectivity index (χ1v) is 4.46. The smallest absolute Gasteiger partial charge is 0.293 e. The summed E-state index contributed by atoms with van der Waals surface area (Å²) in [6, 6.07) is 8.71. The zero-order valence-electron chi connectivity index (χ0n) is 8.51. The normalized spacial score (nSPS) is 8.79. The highest BCUT2D eigenvalue weighted by molar-refractivity contribution is 5.36. The van der Waals surface area contributed by atoms with Crippen molar-refractivity contribution in [3.05, 3.63) is 30.3 Å². The Balaban J connectivity index is 0.000000241. The topological polar surface area (TPSA) is 46.5 Å². The van der Waals surface area contributed by atoms with Crippen LogP contribution >= 0.6 is 0 Å². The third kappa shape index (κ3) is 8.59. The van der Waals surface area contributed by atoms with Gasteiger partial charge in [-0.15, -0.1) is 0 Å². The lowest BCUT2D eigenvalue weighted by molar-refractivity contribution is -0.129. The first-order chi connectivity index (χ1) is 6.66. The number of carbonyl (C=O) groups is 1. The van der Waals surface area contributed by atoms with Gasteiger partial charge in [0.05, 0.1) is 6.61 Å². The molecule has 1 N–H and O–H groups in total. The number of para-hydroxylation sites is 1. The molecular weight excluding hydrogens is 180 g/mol. The second-order valence-electron chi connectivity index (χ2n) is 3.16. The second-order valence-corrected chi connectivity index (χ2v) is 3.16. The molecule has 0 spiro atoms. The number of rotatable bonds is 3. The Hall–Kier alpha value is -1.51. The number of hydrogen-bond acceptors (Lipinski definition) is 3. The maximum Gasteiger partial charge on any atom is 0.293 e. The lowest BCUT2D eigenvalue weighted by Gasteiger charge is -1.98. The van der Waals surface area contributed by atoms with Crippen LogP contribution in [0, 0.1) is 5.92 Å². The molecule has 0 radical (unpaired) electrons. The summed E-state index contributed by atoms with van der Waals surface area (Å²) in [4.78, 5) is 9.49. The fourth-order valence-electron chi connectivity index (χ4n) is 0.660. The average Bonchev–Trinajstić information content (AvgIpc) is 2.17. The molecule has 0 saturated carbocycles. The van der Waals surface area contributed by atoms with Gasteiger partial charge in [0.1, 0.15) is 5.75 Å². The average molecular weight is 196 g/mol. The molecule has 0 saturated heterocycles. The maximum absolute atomic E-state index is 9.49. The van der Waals surface area contributed by atoms with E-state index in [0.29, 0.717) is 24.7 Å². The summed E-state index contributed by atoms with van der Waals surface area (Å²) < 4.78 is 4.41. The van der Waals surface area contributed by atoms with Crippen molar-refractivity contribution in [2.45, 2.75) is 13.8 Å². The molecule has 0 aromatic heterocycles. The predicted octanol–water partition coefficient (Wildman–Crippen LogP) is 2.21. The Kier molecular flexibility index (Phi) is 7.23. The Bertz CT molecular complexity index is 232. The van der Waals surface area contributed by atoms with Gasteiger partial charge in [-0.25, -0.2) is 0 Å². The third-order valence-corrected chi connectivity index (χ3v) is 1.25. The van der Waals surface area contributed by atoms with Crippen LogP contribution in [-0.4, -0.2) is 18.2 Å². The van der Waals surface area contributed by atoms with E-state index < -0.39 is 0 Å². The number of carbonyl (C=O) groups excluding carboxylic acids is 1. The number of hydrogen-bond donors (Lipinski definition) is 1. The van der Waals surface area contributed by atoms with Crippen molar-refractivity contribution in [3.63, 3.8) is 0 Å². The molecule has 1 aromatic rings. The quantitative estimate of drug-likeness (QED) is 0.754. The summed E-state index contributed by atoms with van der Waals surface area (Å²) in [5, 5.41) is 8.63. The van der Waals surface area contributed by atoms with Crippen LogP contribution in [0.15, 0.2) is 30.3 Å². The Morgan fingerprint density at radius 2 is 1.93 bits per heavy atom. The fraction of sp³-hybridized carbons (Fsp3) is 0.364. The number of phenolic OH excluding ortho intramolecular Hbond substituents is 1. The molecule has 0 aliphatic rings. The van der Waals surface area contributed by atoms with E-state index >= 15 is 0 Å². The lowest BCUT2D eigenvalue weighted by atomic mass is 10.2. The summed E-state index contributed by atoms with van der Waals surface area (Å²) >= 11 is 0. The third-order valence-electron chi connectivity index (χ3n) is 1.25. The maximum atomic E-state index is 9.49. The molecular formula is C11H16O3. The summed E-state index contributed by atoms with van der Waals surface area (Å²) in [6.45, 7) is 4.98. The van der Waals surface area contributed by atoms with Crippen molar-refractivity contribution in [1.29, 1.82) is 0 Å². The number of ether oxygens (including phenoxy) is 1. The molecule has 3 heteroatoms. The van der Waals surface area contributed by atoms with Crippen LogP contribution in [-0.2, 0) is 9.53 Å². The van der Waals surface area contributed by atoms with Crippen molar-refractivity contribution in [3.8, 4) is 5.75 Å². The van der Waals surface area contributed by atoms with E-state index in [0.717, 1.165) is 0 Å². The summed E-state index contributed by atoms with van der Waals surface area (Å²) in [5.41, 5.74) is 0. The molecule has 0 bridgehead atoms. The van der Waals surface area contributed by atoms with E-state index in [9.17, 15) is 4.79 Å². The molecule has 1 aromatic carbocycles. The summed E-state index contributed by atoms with van der Waals surface area (Å²) in [6.07, 6.45) is 0. The van der Waals surface area contributed by atoms with Crippen LogP contribution in [0.4, 0.5) is 0 Å². The Morgan fingerprint density at radius 3 is 2.14 bits per heavy atom. The molecule has 0 aliphatic heterocycles. The highest BCUT2D eigenvalue weighted by Gasteiger charge is 1.88. The molecule has 3 nitrogen and oxygen atoms in total. The van der Waals surface area contributed by atoms with Gasteiger partial charge in [0.25, 0.3) is 6.47 Å². The number of benzene rings is 1. The summed E-state index contributed by atoms with van der Waals surface area (Å²) in [5.74, 6) is 0.771. The monoisotopic (exact) mass is 196 g/mol. The van der Waals surface area contributed by atoms with Gasteiger partial charge in [-0.1, -0.05) is 32.0 Å². The van der Waals surface area contributed by atoms with Gasteiger partial charge in [-0.05, 0) is 18.1 Å². The molecule has 0 unspecified atom stereocenters. The van der Waals surface area contributed by atoms with Crippen molar-refractivity contribution in [2.24, 2.45) is 5.92 Å². The van der Waals surface area contributed by atoms with Gasteiger partial charge in [0.15, 0.2) is 0 Å². The van der Waals surface area contributed by atoms with Crippen molar-refractivity contribution in [2.75, 3.05) is 6.61 Å². The largest absolute Gasteiger partial charge is 0.508 e. The zero-order chi connectivity index (χ0) is 10.8. The second kappa shape index (κ2) is 8.10. The molecule has 0 fully saturated rings. The van der Waals surface area contributed by atoms with E-state index in [4.69, 9.17) is 5.11 Å². The van der Waals surface area contributed by atoms with Gasteiger partial charge in [-0.3, -0.25) is 4.79 Å². The van der Waals surface area contributed by atoms with E-state index in [1.807, 2.05) is 19.9 Å². The first kappa shape index (κ1) is 12.5. The Morgan fingerprint density at radius 1 is 1.36 bits per heavy atom. The molecule has 0 heterocycles. The van der Waals surface area contributed by atoms with Gasteiger partial charge in [0, 0.05) is 0 Å².